The SMILES string of the molecule is CCC(CC)(CN)C(=O)NCc1cn2c(C)cccc2n1. The van der Waals surface area contributed by atoms with Crippen molar-refractivity contribution in [2.24, 2.45) is 11.1 Å². The Morgan fingerprint density at radius 2 is 2.10 bits per heavy atom. The summed E-state index contributed by atoms with van der Waals surface area (Å²) in [4.78, 5) is 16.9. The Balaban J connectivity index is 2.11. The summed E-state index contributed by atoms with van der Waals surface area (Å²) in [5.41, 5.74) is 8.21. The molecule has 1 amide bonds. The highest BCUT2D eigenvalue weighted by Crippen LogP contribution is 2.25. The molecule has 0 aliphatic heterocycles. The molecule has 0 radical (unpaired) electrons. The van der Waals surface area contributed by atoms with E-state index < -0.39 is 5.41 Å². The van der Waals surface area contributed by atoms with E-state index in [9.17, 15) is 4.79 Å². The van der Waals surface area contributed by atoms with Crippen LogP contribution in [-0.4, -0.2) is 21.8 Å². The largest absolute Gasteiger partial charge is 0.350 e. The van der Waals surface area contributed by atoms with E-state index in [0.29, 0.717) is 13.1 Å². The molecule has 0 aromatic carbocycles. The second-order valence-electron chi connectivity index (χ2n) is 5.50. The van der Waals surface area contributed by atoms with Gasteiger partial charge in [0.15, 0.2) is 0 Å². The van der Waals surface area contributed by atoms with Gasteiger partial charge in [-0.2, -0.15) is 0 Å². The van der Waals surface area contributed by atoms with Crippen molar-refractivity contribution in [1.29, 1.82) is 0 Å². The number of hydrogen-bond acceptors (Lipinski definition) is 3. The summed E-state index contributed by atoms with van der Waals surface area (Å²) >= 11 is 0. The van der Waals surface area contributed by atoms with Crippen LogP contribution in [0, 0.1) is 12.3 Å². The Bertz CT molecular complexity index is 620. The topological polar surface area (TPSA) is 72.4 Å². The Hall–Kier alpha value is -1.88. The van der Waals surface area contributed by atoms with E-state index in [1.54, 1.807) is 0 Å². The minimum Gasteiger partial charge on any atom is -0.350 e. The van der Waals surface area contributed by atoms with Crippen LogP contribution in [0.5, 0.6) is 0 Å². The Morgan fingerprint density at radius 3 is 2.67 bits per heavy atom. The molecular formula is C16H24N4O. The van der Waals surface area contributed by atoms with Crippen LogP contribution in [0.3, 0.4) is 0 Å². The Kier molecular flexibility index (Phi) is 4.63. The number of imidazole rings is 1. The average Bonchev–Trinajstić information content (AvgIpc) is 2.92. The molecule has 0 saturated heterocycles. The van der Waals surface area contributed by atoms with Gasteiger partial charge in [-0.15, -0.1) is 0 Å². The van der Waals surface area contributed by atoms with E-state index in [-0.39, 0.29) is 5.91 Å². The number of carbonyl (C=O) groups excluding carboxylic acids is 1. The molecule has 0 aliphatic rings. The van der Waals surface area contributed by atoms with Crippen LogP contribution in [0.4, 0.5) is 0 Å². The van der Waals surface area contributed by atoms with Crippen molar-refractivity contribution in [2.45, 2.75) is 40.2 Å². The first kappa shape index (κ1) is 15.5. The molecule has 0 spiro atoms. The van der Waals surface area contributed by atoms with Crippen molar-refractivity contribution in [3.05, 3.63) is 35.8 Å². The average molecular weight is 288 g/mol. The zero-order valence-electron chi connectivity index (χ0n) is 13.0. The first-order chi connectivity index (χ1) is 10.1. The number of rotatable bonds is 6. The molecule has 5 heteroatoms. The minimum atomic E-state index is -0.463. The van der Waals surface area contributed by atoms with Crippen LogP contribution in [0.2, 0.25) is 0 Å². The molecule has 0 atom stereocenters. The number of amides is 1. The number of nitrogens with one attached hydrogen (secondary N) is 1. The molecule has 0 unspecified atom stereocenters. The summed E-state index contributed by atoms with van der Waals surface area (Å²) in [5, 5.41) is 2.98. The van der Waals surface area contributed by atoms with Crippen molar-refractivity contribution < 1.29 is 4.79 Å². The molecule has 2 aromatic rings. The summed E-state index contributed by atoms with van der Waals surface area (Å²) in [6, 6.07) is 5.97. The third kappa shape index (κ3) is 2.93. The highest BCUT2D eigenvalue weighted by Gasteiger charge is 2.33. The fourth-order valence-corrected chi connectivity index (χ4v) is 2.59. The van der Waals surface area contributed by atoms with Crippen molar-refractivity contribution in [1.82, 2.24) is 14.7 Å². The van der Waals surface area contributed by atoms with Crippen molar-refractivity contribution >= 4 is 11.6 Å². The smallest absolute Gasteiger partial charge is 0.227 e. The minimum absolute atomic E-state index is 0.0174. The maximum atomic E-state index is 12.4. The number of hydrogen-bond donors (Lipinski definition) is 2. The molecule has 21 heavy (non-hydrogen) atoms. The molecule has 5 nitrogen and oxygen atoms in total. The van der Waals surface area contributed by atoms with Crippen LogP contribution in [0.1, 0.15) is 38.1 Å². The van der Waals surface area contributed by atoms with Gasteiger partial charge < -0.3 is 15.5 Å². The zero-order valence-corrected chi connectivity index (χ0v) is 13.0. The molecule has 0 bridgehead atoms. The molecule has 0 fully saturated rings. The first-order valence-corrected chi connectivity index (χ1v) is 7.48. The van der Waals surface area contributed by atoms with Gasteiger partial charge in [-0.05, 0) is 31.9 Å². The van der Waals surface area contributed by atoms with E-state index >= 15 is 0 Å². The van der Waals surface area contributed by atoms with Gasteiger partial charge in [0.05, 0.1) is 17.7 Å². The van der Waals surface area contributed by atoms with Crippen LogP contribution < -0.4 is 11.1 Å². The zero-order chi connectivity index (χ0) is 15.5. The number of fused-ring (bicyclic) bond motifs is 1. The molecule has 2 aromatic heterocycles. The third-order valence-corrected chi connectivity index (χ3v) is 4.40. The second-order valence-corrected chi connectivity index (χ2v) is 5.50. The number of aryl methyl sites for hydroxylation is 1. The van der Waals surface area contributed by atoms with Crippen LogP contribution in [-0.2, 0) is 11.3 Å². The lowest BCUT2D eigenvalue weighted by molar-refractivity contribution is -0.131. The summed E-state index contributed by atoms with van der Waals surface area (Å²) in [5.74, 6) is 0.0174. The van der Waals surface area contributed by atoms with Gasteiger partial charge in [-0.25, -0.2) is 4.98 Å². The molecule has 0 saturated carbocycles. The van der Waals surface area contributed by atoms with Gasteiger partial charge in [0.2, 0.25) is 5.91 Å². The first-order valence-electron chi connectivity index (χ1n) is 7.48. The van der Waals surface area contributed by atoms with Gasteiger partial charge in [0.25, 0.3) is 0 Å². The van der Waals surface area contributed by atoms with E-state index in [0.717, 1.165) is 29.9 Å². The van der Waals surface area contributed by atoms with Crippen LogP contribution >= 0.6 is 0 Å². The number of pyridine rings is 1. The van der Waals surface area contributed by atoms with E-state index in [2.05, 4.69) is 10.3 Å². The van der Waals surface area contributed by atoms with Gasteiger partial charge in [0, 0.05) is 18.4 Å². The predicted molar refractivity (Wildman–Crippen MR) is 83.8 cm³/mol. The summed E-state index contributed by atoms with van der Waals surface area (Å²) in [7, 11) is 0. The fourth-order valence-electron chi connectivity index (χ4n) is 2.59. The van der Waals surface area contributed by atoms with Gasteiger partial charge in [-0.3, -0.25) is 4.79 Å². The van der Waals surface area contributed by atoms with Crippen molar-refractivity contribution in [3.8, 4) is 0 Å². The quantitative estimate of drug-likeness (QED) is 0.854. The Morgan fingerprint density at radius 1 is 1.38 bits per heavy atom. The van der Waals surface area contributed by atoms with Crippen molar-refractivity contribution in [3.63, 3.8) is 0 Å². The maximum absolute atomic E-state index is 12.4. The highest BCUT2D eigenvalue weighted by atomic mass is 16.2. The summed E-state index contributed by atoms with van der Waals surface area (Å²) < 4.78 is 2.03. The normalized spacial score (nSPS) is 11.8. The predicted octanol–water partition coefficient (Wildman–Crippen LogP) is 2.02. The summed E-state index contributed by atoms with van der Waals surface area (Å²) in [6.07, 6.45) is 3.46. The molecule has 2 heterocycles. The van der Waals surface area contributed by atoms with Gasteiger partial charge in [-0.1, -0.05) is 19.9 Å². The Labute approximate surface area is 125 Å². The maximum Gasteiger partial charge on any atom is 0.227 e. The van der Waals surface area contributed by atoms with E-state index in [1.807, 2.05) is 49.6 Å². The molecule has 114 valence electrons. The fraction of sp³-hybridized carbons (Fsp3) is 0.500. The third-order valence-electron chi connectivity index (χ3n) is 4.40. The lowest BCUT2D eigenvalue weighted by atomic mass is 9.81. The number of nitrogens with zero attached hydrogens (tertiary/aromatic N) is 2. The molecule has 3 N–H and O–H groups in total. The van der Waals surface area contributed by atoms with Crippen LogP contribution in [0.15, 0.2) is 24.4 Å². The lowest BCUT2D eigenvalue weighted by Gasteiger charge is -2.28. The van der Waals surface area contributed by atoms with Gasteiger partial charge >= 0.3 is 0 Å². The summed E-state index contributed by atoms with van der Waals surface area (Å²) in [6.45, 7) is 6.84. The second kappa shape index (κ2) is 6.26. The number of aromatic nitrogens is 2. The molecular weight excluding hydrogens is 264 g/mol. The standard InChI is InChI=1S/C16H24N4O/c1-4-16(5-2,11-17)15(21)18-9-13-10-20-12(3)7-6-8-14(20)19-13/h6-8,10H,4-5,9,11,17H2,1-3H3,(H,18,21). The lowest BCUT2D eigenvalue weighted by Crippen LogP contribution is -2.45. The molecule has 0 aliphatic carbocycles. The van der Waals surface area contributed by atoms with Gasteiger partial charge in [0.1, 0.15) is 5.65 Å². The van der Waals surface area contributed by atoms with Crippen molar-refractivity contribution in [2.75, 3.05) is 6.54 Å². The monoisotopic (exact) mass is 288 g/mol. The molecule has 2 rings (SSSR count). The van der Waals surface area contributed by atoms with E-state index in [1.165, 1.54) is 0 Å². The van der Waals surface area contributed by atoms with E-state index in [4.69, 9.17) is 5.73 Å². The highest BCUT2D eigenvalue weighted by molar-refractivity contribution is 5.82. The number of carbonyl (C=O) groups is 1. The number of nitrogens with two attached hydrogens (primary N) is 1. The van der Waals surface area contributed by atoms with Crippen LogP contribution in [0.25, 0.3) is 5.65 Å².